The summed E-state index contributed by atoms with van der Waals surface area (Å²) in [6, 6.07) is 12.6. The van der Waals surface area contributed by atoms with E-state index in [1.54, 1.807) is 18.0 Å². The SMILES string of the molecule is Brc1cccc2c(C3=N[C@@H]4C=NN=C4S3)cccc12. The average molecular weight is 330 g/mol. The largest absolute Gasteiger partial charge is 0.261 e. The fourth-order valence-corrected chi connectivity index (χ4v) is 3.75. The topological polar surface area (TPSA) is 37.1 Å². The molecule has 0 spiro atoms. The van der Waals surface area contributed by atoms with Crippen molar-refractivity contribution in [3.8, 4) is 0 Å². The van der Waals surface area contributed by atoms with Crippen molar-refractivity contribution < 1.29 is 0 Å². The van der Waals surface area contributed by atoms with Crippen LogP contribution in [0.3, 0.4) is 0 Å². The van der Waals surface area contributed by atoms with Gasteiger partial charge in [0, 0.05) is 10.0 Å². The van der Waals surface area contributed by atoms with Crippen molar-refractivity contribution in [1.29, 1.82) is 0 Å². The highest BCUT2D eigenvalue weighted by molar-refractivity contribution is 9.10. The summed E-state index contributed by atoms with van der Waals surface area (Å²) in [7, 11) is 0. The van der Waals surface area contributed by atoms with Crippen molar-refractivity contribution in [2.45, 2.75) is 6.04 Å². The van der Waals surface area contributed by atoms with Crippen molar-refractivity contribution >= 4 is 54.8 Å². The van der Waals surface area contributed by atoms with E-state index in [9.17, 15) is 0 Å². The zero-order chi connectivity index (χ0) is 12.8. The van der Waals surface area contributed by atoms with Gasteiger partial charge >= 0.3 is 0 Å². The monoisotopic (exact) mass is 329 g/mol. The molecule has 2 aromatic rings. The first-order valence-corrected chi connectivity index (χ1v) is 7.48. The maximum Gasteiger partial charge on any atom is 0.138 e. The second-order valence-corrected chi connectivity index (χ2v) is 6.19. The van der Waals surface area contributed by atoms with Crippen LogP contribution in [0.25, 0.3) is 10.8 Å². The first-order valence-electron chi connectivity index (χ1n) is 5.87. The van der Waals surface area contributed by atoms with Crippen molar-refractivity contribution in [3.05, 3.63) is 46.4 Å². The molecule has 4 rings (SSSR count). The van der Waals surface area contributed by atoms with Crippen LogP contribution in [0.15, 0.2) is 56.1 Å². The van der Waals surface area contributed by atoms with E-state index in [-0.39, 0.29) is 6.04 Å². The van der Waals surface area contributed by atoms with E-state index in [2.05, 4.69) is 67.5 Å². The molecule has 1 atom stereocenters. The molecule has 2 heterocycles. The summed E-state index contributed by atoms with van der Waals surface area (Å²) in [6.07, 6.45) is 1.79. The molecule has 0 unspecified atom stereocenters. The summed E-state index contributed by atoms with van der Waals surface area (Å²) in [6.45, 7) is 0. The Morgan fingerprint density at radius 1 is 1.05 bits per heavy atom. The molecule has 5 heteroatoms. The van der Waals surface area contributed by atoms with Crippen LogP contribution in [-0.4, -0.2) is 22.3 Å². The summed E-state index contributed by atoms with van der Waals surface area (Å²) in [5.74, 6) is 0. The van der Waals surface area contributed by atoms with Gasteiger partial charge in [-0.1, -0.05) is 46.3 Å². The molecule has 2 aliphatic heterocycles. The molecule has 0 saturated carbocycles. The zero-order valence-electron chi connectivity index (χ0n) is 9.75. The van der Waals surface area contributed by atoms with Gasteiger partial charge < -0.3 is 0 Å². The first kappa shape index (κ1) is 11.4. The smallest absolute Gasteiger partial charge is 0.138 e. The van der Waals surface area contributed by atoms with E-state index >= 15 is 0 Å². The summed E-state index contributed by atoms with van der Waals surface area (Å²) in [5.41, 5.74) is 1.16. The number of fused-ring (bicyclic) bond motifs is 2. The molecule has 19 heavy (non-hydrogen) atoms. The van der Waals surface area contributed by atoms with Crippen molar-refractivity contribution in [3.63, 3.8) is 0 Å². The summed E-state index contributed by atoms with van der Waals surface area (Å²) in [5, 5.41) is 12.4. The molecular formula is C14H8BrN3S. The second-order valence-electron chi connectivity index (χ2n) is 4.32. The van der Waals surface area contributed by atoms with Gasteiger partial charge in [0.05, 0.1) is 6.21 Å². The quantitative estimate of drug-likeness (QED) is 0.782. The van der Waals surface area contributed by atoms with Gasteiger partial charge in [0.2, 0.25) is 0 Å². The highest BCUT2D eigenvalue weighted by Crippen LogP contribution is 2.33. The number of benzene rings is 2. The Balaban J connectivity index is 1.91. The Bertz CT molecular complexity index is 779. The van der Waals surface area contributed by atoms with Crippen LogP contribution in [0.1, 0.15) is 5.56 Å². The number of hydrogen-bond acceptors (Lipinski definition) is 4. The van der Waals surface area contributed by atoms with Gasteiger partial charge in [-0.3, -0.25) is 4.99 Å². The van der Waals surface area contributed by atoms with E-state index in [4.69, 9.17) is 0 Å². The van der Waals surface area contributed by atoms with Crippen LogP contribution in [0, 0.1) is 0 Å². The molecule has 0 aliphatic carbocycles. The normalized spacial score (nSPS) is 20.6. The zero-order valence-corrected chi connectivity index (χ0v) is 12.1. The van der Waals surface area contributed by atoms with Gasteiger partial charge in [-0.05, 0) is 28.6 Å². The van der Waals surface area contributed by atoms with Crippen LogP contribution < -0.4 is 0 Å². The van der Waals surface area contributed by atoms with Crippen molar-refractivity contribution in [2.24, 2.45) is 15.2 Å². The molecule has 92 valence electrons. The molecule has 2 aromatic carbocycles. The third-order valence-electron chi connectivity index (χ3n) is 3.17. The molecule has 0 bridgehead atoms. The standard InChI is InChI=1S/C14H8BrN3S/c15-11-6-2-3-8-9(11)4-1-5-10(8)13-17-12-7-16-18-14(12)19-13/h1-7,12H/t12-/m1/s1. The highest BCUT2D eigenvalue weighted by Gasteiger charge is 2.28. The van der Waals surface area contributed by atoms with Gasteiger partial charge in [0.1, 0.15) is 16.1 Å². The van der Waals surface area contributed by atoms with Crippen LogP contribution in [-0.2, 0) is 0 Å². The minimum Gasteiger partial charge on any atom is -0.261 e. The van der Waals surface area contributed by atoms with Gasteiger partial charge in [-0.2, -0.15) is 5.10 Å². The summed E-state index contributed by atoms with van der Waals surface area (Å²) >= 11 is 5.21. The predicted molar refractivity (Wildman–Crippen MR) is 85.5 cm³/mol. The van der Waals surface area contributed by atoms with E-state index in [0.717, 1.165) is 20.1 Å². The fraction of sp³-hybridized carbons (Fsp3) is 0.0714. The molecule has 0 N–H and O–H groups in total. The van der Waals surface area contributed by atoms with Crippen LogP contribution in [0.4, 0.5) is 0 Å². The molecular weight excluding hydrogens is 322 g/mol. The molecule has 0 radical (unpaired) electrons. The number of halogens is 1. The van der Waals surface area contributed by atoms with Gasteiger partial charge in [0.25, 0.3) is 0 Å². The van der Waals surface area contributed by atoms with Crippen LogP contribution in [0.5, 0.6) is 0 Å². The lowest BCUT2D eigenvalue weighted by Gasteiger charge is -2.06. The first-order chi connectivity index (χ1) is 9.33. The molecule has 0 aromatic heterocycles. The molecule has 0 saturated heterocycles. The predicted octanol–water partition coefficient (Wildman–Crippen LogP) is 3.86. The van der Waals surface area contributed by atoms with Crippen molar-refractivity contribution in [1.82, 2.24) is 0 Å². The van der Waals surface area contributed by atoms with E-state index in [1.807, 2.05) is 0 Å². The Kier molecular flexibility index (Phi) is 2.56. The maximum absolute atomic E-state index is 4.68. The van der Waals surface area contributed by atoms with Crippen LogP contribution in [0.2, 0.25) is 0 Å². The molecule has 3 nitrogen and oxygen atoms in total. The Hall–Kier alpha value is -1.46. The second kappa shape index (κ2) is 4.28. The minimum atomic E-state index is 0.0300. The lowest BCUT2D eigenvalue weighted by atomic mass is 10.1. The Morgan fingerprint density at radius 3 is 2.79 bits per heavy atom. The number of hydrogen-bond donors (Lipinski definition) is 0. The number of thioether (sulfide) groups is 1. The highest BCUT2D eigenvalue weighted by atomic mass is 79.9. The average Bonchev–Trinajstić information content (AvgIpc) is 2.99. The lowest BCUT2D eigenvalue weighted by molar-refractivity contribution is 1.22. The maximum atomic E-state index is 4.68. The van der Waals surface area contributed by atoms with E-state index in [0.29, 0.717) is 0 Å². The number of nitrogens with zero attached hydrogens (tertiary/aromatic N) is 3. The summed E-state index contributed by atoms with van der Waals surface area (Å²) in [4.78, 5) is 4.68. The van der Waals surface area contributed by atoms with Gasteiger partial charge in [-0.15, -0.1) is 5.10 Å². The van der Waals surface area contributed by atoms with Crippen molar-refractivity contribution in [2.75, 3.05) is 0 Å². The molecule has 2 aliphatic rings. The summed E-state index contributed by atoms with van der Waals surface area (Å²) < 4.78 is 1.11. The lowest BCUT2D eigenvalue weighted by Crippen LogP contribution is -2.06. The number of rotatable bonds is 1. The number of aliphatic imine (C=N–C) groups is 1. The van der Waals surface area contributed by atoms with E-state index < -0.39 is 0 Å². The fourth-order valence-electron chi connectivity index (χ4n) is 2.28. The van der Waals surface area contributed by atoms with Crippen LogP contribution >= 0.6 is 27.7 Å². The molecule has 0 fully saturated rings. The third-order valence-corrected chi connectivity index (χ3v) is 4.92. The van der Waals surface area contributed by atoms with Gasteiger partial charge in [0.15, 0.2) is 0 Å². The Labute approximate surface area is 122 Å². The Morgan fingerprint density at radius 2 is 1.89 bits per heavy atom. The minimum absolute atomic E-state index is 0.0300. The third kappa shape index (κ3) is 1.76. The van der Waals surface area contributed by atoms with E-state index in [1.165, 1.54) is 10.8 Å². The van der Waals surface area contributed by atoms with Gasteiger partial charge in [-0.25, -0.2) is 0 Å². The molecule has 0 amide bonds.